The second-order valence-corrected chi connectivity index (χ2v) is 4.85. The van der Waals surface area contributed by atoms with Crippen molar-refractivity contribution in [3.8, 4) is 0 Å². The SMILES string of the molecule is CCCC(=O)N1CCN(c2ccc(CN)cn2)CC1. The smallest absolute Gasteiger partial charge is 0.222 e. The summed E-state index contributed by atoms with van der Waals surface area (Å²) < 4.78 is 0. The third-order valence-corrected chi connectivity index (χ3v) is 3.47. The molecule has 0 bridgehead atoms. The van der Waals surface area contributed by atoms with E-state index in [0.29, 0.717) is 13.0 Å². The van der Waals surface area contributed by atoms with Crippen LogP contribution < -0.4 is 10.6 Å². The Hall–Kier alpha value is -1.62. The largest absolute Gasteiger partial charge is 0.353 e. The highest BCUT2D eigenvalue weighted by atomic mass is 16.2. The van der Waals surface area contributed by atoms with Crippen LogP contribution in [0.3, 0.4) is 0 Å². The molecule has 0 saturated carbocycles. The zero-order valence-corrected chi connectivity index (χ0v) is 11.5. The van der Waals surface area contributed by atoms with Crippen LogP contribution in [-0.4, -0.2) is 42.0 Å². The fraction of sp³-hybridized carbons (Fsp3) is 0.571. The van der Waals surface area contributed by atoms with Gasteiger partial charge in [-0.1, -0.05) is 13.0 Å². The minimum Gasteiger partial charge on any atom is -0.353 e. The Morgan fingerprint density at radius 1 is 1.32 bits per heavy atom. The first kappa shape index (κ1) is 13.8. The van der Waals surface area contributed by atoms with Crippen LogP contribution in [0, 0.1) is 0 Å². The van der Waals surface area contributed by atoms with Crippen LogP contribution in [0.5, 0.6) is 0 Å². The van der Waals surface area contributed by atoms with Gasteiger partial charge in [0.15, 0.2) is 0 Å². The number of pyridine rings is 1. The predicted molar refractivity (Wildman–Crippen MR) is 75.8 cm³/mol. The maximum absolute atomic E-state index is 11.8. The lowest BCUT2D eigenvalue weighted by molar-refractivity contribution is -0.131. The Labute approximate surface area is 114 Å². The second kappa shape index (κ2) is 6.52. The van der Waals surface area contributed by atoms with Crippen LogP contribution in [0.4, 0.5) is 5.82 Å². The number of hydrogen-bond acceptors (Lipinski definition) is 4. The van der Waals surface area contributed by atoms with Gasteiger partial charge in [0, 0.05) is 45.3 Å². The molecule has 0 spiro atoms. The summed E-state index contributed by atoms with van der Waals surface area (Å²) in [7, 11) is 0. The van der Waals surface area contributed by atoms with Crippen molar-refractivity contribution < 1.29 is 4.79 Å². The summed E-state index contributed by atoms with van der Waals surface area (Å²) in [5, 5.41) is 0. The molecule has 0 aliphatic carbocycles. The van der Waals surface area contributed by atoms with E-state index in [9.17, 15) is 4.79 Å². The first-order valence-electron chi connectivity index (χ1n) is 6.92. The van der Waals surface area contributed by atoms with Gasteiger partial charge >= 0.3 is 0 Å². The predicted octanol–water partition coefficient (Wildman–Crippen LogP) is 0.989. The highest BCUT2D eigenvalue weighted by molar-refractivity contribution is 5.76. The van der Waals surface area contributed by atoms with E-state index in [4.69, 9.17) is 5.73 Å². The van der Waals surface area contributed by atoms with Gasteiger partial charge < -0.3 is 15.5 Å². The average molecular weight is 262 g/mol. The summed E-state index contributed by atoms with van der Waals surface area (Å²) in [5.41, 5.74) is 6.60. The zero-order valence-electron chi connectivity index (χ0n) is 11.5. The Morgan fingerprint density at radius 2 is 2.05 bits per heavy atom. The molecule has 1 saturated heterocycles. The van der Waals surface area contributed by atoms with Gasteiger partial charge in [-0.05, 0) is 18.1 Å². The van der Waals surface area contributed by atoms with Gasteiger partial charge in [0.1, 0.15) is 5.82 Å². The van der Waals surface area contributed by atoms with E-state index in [2.05, 4.69) is 9.88 Å². The van der Waals surface area contributed by atoms with E-state index in [1.54, 1.807) is 0 Å². The number of nitrogens with two attached hydrogens (primary N) is 1. The summed E-state index contributed by atoms with van der Waals surface area (Å²) in [6.07, 6.45) is 3.40. The summed E-state index contributed by atoms with van der Waals surface area (Å²) >= 11 is 0. The molecule has 1 aromatic rings. The van der Waals surface area contributed by atoms with Crippen LogP contribution in [0.1, 0.15) is 25.3 Å². The fourth-order valence-electron chi connectivity index (χ4n) is 2.28. The highest BCUT2D eigenvalue weighted by Gasteiger charge is 2.20. The first-order chi connectivity index (χ1) is 9.24. The van der Waals surface area contributed by atoms with Crippen LogP contribution in [0.2, 0.25) is 0 Å². The Kier molecular flexibility index (Phi) is 4.74. The number of nitrogens with zero attached hydrogens (tertiary/aromatic N) is 3. The molecule has 1 aromatic heterocycles. The van der Waals surface area contributed by atoms with Crippen LogP contribution >= 0.6 is 0 Å². The maximum atomic E-state index is 11.8. The Bertz CT molecular complexity index is 410. The van der Waals surface area contributed by atoms with Crippen molar-refractivity contribution in [2.45, 2.75) is 26.3 Å². The third-order valence-electron chi connectivity index (χ3n) is 3.47. The third kappa shape index (κ3) is 3.44. The number of amides is 1. The van der Waals surface area contributed by atoms with Gasteiger partial charge in [0.25, 0.3) is 0 Å². The molecule has 5 nitrogen and oxygen atoms in total. The number of piperazine rings is 1. The quantitative estimate of drug-likeness (QED) is 0.879. The number of hydrogen-bond donors (Lipinski definition) is 1. The lowest BCUT2D eigenvalue weighted by atomic mass is 10.2. The number of carbonyl (C=O) groups excluding carboxylic acids is 1. The Morgan fingerprint density at radius 3 is 2.58 bits per heavy atom. The molecule has 0 radical (unpaired) electrons. The topological polar surface area (TPSA) is 62.5 Å². The molecule has 104 valence electrons. The number of carbonyl (C=O) groups is 1. The van der Waals surface area contributed by atoms with E-state index < -0.39 is 0 Å². The molecule has 0 unspecified atom stereocenters. The monoisotopic (exact) mass is 262 g/mol. The minimum atomic E-state index is 0.272. The molecule has 0 aromatic carbocycles. The molecule has 1 aliphatic rings. The molecule has 0 atom stereocenters. The maximum Gasteiger partial charge on any atom is 0.222 e. The lowest BCUT2D eigenvalue weighted by Gasteiger charge is -2.35. The molecule has 1 amide bonds. The minimum absolute atomic E-state index is 0.272. The van der Waals surface area contributed by atoms with Crippen molar-refractivity contribution in [1.29, 1.82) is 0 Å². The van der Waals surface area contributed by atoms with Gasteiger partial charge in [-0.25, -0.2) is 4.98 Å². The standard InChI is InChI=1S/C14H22N4O/c1-2-3-14(19)18-8-6-17(7-9-18)13-5-4-12(10-15)11-16-13/h4-5,11H,2-3,6-10,15H2,1H3. The normalized spacial score (nSPS) is 15.7. The van der Waals surface area contributed by atoms with E-state index >= 15 is 0 Å². The van der Waals surface area contributed by atoms with E-state index in [-0.39, 0.29) is 5.91 Å². The van der Waals surface area contributed by atoms with Crippen molar-refractivity contribution >= 4 is 11.7 Å². The summed E-state index contributed by atoms with van der Waals surface area (Å²) in [4.78, 5) is 20.4. The second-order valence-electron chi connectivity index (χ2n) is 4.85. The fourth-order valence-corrected chi connectivity index (χ4v) is 2.28. The van der Waals surface area contributed by atoms with E-state index in [1.807, 2.05) is 30.2 Å². The number of rotatable bonds is 4. The van der Waals surface area contributed by atoms with Crippen molar-refractivity contribution in [3.63, 3.8) is 0 Å². The van der Waals surface area contributed by atoms with E-state index in [0.717, 1.165) is 44.0 Å². The van der Waals surface area contributed by atoms with Crippen LogP contribution in [0.25, 0.3) is 0 Å². The van der Waals surface area contributed by atoms with Crippen molar-refractivity contribution in [2.24, 2.45) is 5.73 Å². The Balaban J connectivity index is 1.90. The number of aromatic nitrogens is 1. The van der Waals surface area contributed by atoms with Crippen LogP contribution in [0.15, 0.2) is 18.3 Å². The van der Waals surface area contributed by atoms with E-state index in [1.165, 1.54) is 0 Å². The molecule has 1 fully saturated rings. The molecular formula is C14H22N4O. The summed E-state index contributed by atoms with van der Waals surface area (Å²) in [6, 6.07) is 4.02. The lowest BCUT2D eigenvalue weighted by Crippen LogP contribution is -2.49. The summed E-state index contributed by atoms with van der Waals surface area (Å²) in [6.45, 7) is 5.84. The highest BCUT2D eigenvalue weighted by Crippen LogP contribution is 2.14. The molecule has 5 heteroatoms. The van der Waals surface area contributed by atoms with Crippen LogP contribution in [-0.2, 0) is 11.3 Å². The molecular weight excluding hydrogens is 240 g/mol. The molecule has 1 aliphatic heterocycles. The van der Waals surface area contributed by atoms with Gasteiger partial charge in [-0.3, -0.25) is 4.79 Å². The summed E-state index contributed by atoms with van der Waals surface area (Å²) in [5.74, 6) is 1.24. The molecule has 2 rings (SSSR count). The zero-order chi connectivity index (χ0) is 13.7. The van der Waals surface area contributed by atoms with Gasteiger partial charge in [-0.15, -0.1) is 0 Å². The first-order valence-corrected chi connectivity index (χ1v) is 6.92. The van der Waals surface area contributed by atoms with Crippen molar-refractivity contribution in [2.75, 3.05) is 31.1 Å². The van der Waals surface area contributed by atoms with Gasteiger partial charge in [0.05, 0.1) is 0 Å². The van der Waals surface area contributed by atoms with Crippen molar-refractivity contribution in [3.05, 3.63) is 23.9 Å². The van der Waals surface area contributed by atoms with Gasteiger partial charge in [0.2, 0.25) is 5.91 Å². The molecule has 2 N–H and O–H groups in total. The van der Waals surface area contributed by atoms with Gasteiger partial charge in [-0.2, -0.15) is 0 Å². The molecule has 19 heavy (non-hydrogen) atoms. The van der Waals surface area contributed by atoms with Crippen molar-refractivity contribution in [1.82, 2.24) is 9.88 Å². The molecule has 2 heterocycles. The average Bonchev–Trinajstić information content (AvgIpc) is 2.48. The number of anilines is 1.